The maximum atomic E-state index is 9.67. The van der Waals surface area contributed by atoms with Crippen molar-refractivity contribution in [3.8, 4) is 17.4 Å². The van der Waals surface area contributed by atoms with Crippen LogP contribution in [0, 0.1) is 6.92 Å². The van der Waals surface area contributed by atoms with Gasteiger partial charge in [0.05, 0.1) is 5.69 Å². The third kappa shape index (κ3) is 1.75. The van der Waals surface area contributed by atoms with E-state index in [0.717, 1.165) is 11.2 Å². The second kappa shape index (κ2) is 4.03. The van der Waals surface area contributed by atoms with Crippen LogP contribution in [0.4, 0.5) is 0 Å². The van der Waals surface area contributed by atoms with Crippen LogP contribution in [0.25, 0.3) is 5.52 Å². The van der Waals surface area contributed by atoms with Crippen molar-refractivity contribution in [1.82, 2.24) is 14.6 Å². The van der Waals surface area contributed by atoms with E-state index in [9.17, 15) is 5.11 Å². The molecule has 0 saturated heterocycles. The van der Waals surface area contributed by atoms with Crippen LogP contribution in [0.5, 0.6) is 17.4 Å². The molecule has 0 bridgehead atoms. The fraction of sp³-hybridized carbons (Fsp3) is 0.0769. The summed E-state index contributed by atoms with van der Waals surface area (Å²) in [7, 11) is 0. The zero-order valence-electron chi connectivity index (χ0n) is 9.74. The van der Waals surface area contributed by atoms with Crippen LogP contribution in [0.2, 0.25) is 0 Å². The summed E-state index contributed by atoms with van der Waals surface area (Å²) < 4.78 is 7.31. The molecule has 2 aromatic heterocycles. The van der Waals surface area contributed by atoms with Gasteiger partial charge in [0.15, 0.2) is 11.5 Å². The number of phenols is 1. The lowest BCUT2D eigenvalue weighted by atomic mass is 10.3. The first-order valence-electron chi connectivity index (χ1n) is 5.51. The molecule has 18 heavy (non-hydrogen) atoms. The molecular formula is C13H11N3O2. The topological polar surface area (TPSA) is 59.7 Å². The average Bonchev–Trinajstić information content (AvgIpc) is 2.73. The number of fused-ring (bicyclic) bond motifs is 1. The third-order valence-corrected chi connectivity index (χ3v) is 2.55. The summed E-state index contributed by atoms with van der Waals surface area (Å²) in [6.07, 6.45) is 3.36. The normalized spacial score (nSPS) is 10.7. The minimum Gasteiger partial charge on any atom is -0.504 e. The number of aromatic nitrogens is 3. The first-order chi connectivity index (χ1) is 8.74. The van der Waals surface area contributed by atoms with Crippen LogP contribution in [-0.4, -0.2) is 19.7 Å². The van der Waals surface area contributed by atoms with E-state index < -0.39 is 0 Å². The summed E-state index contributed by atoms with van der Waals surface area (Å²) in [6.45, 7) is 1.90. The molecule has 1 N–H and O–H groups in total. The van der Waals surface area contributed by atoms with Crippen LogP contribution in [0.3, 0.4) is 0 Å². The molecule has 3 aromatic rings. The Hall–Kier alpha value is -2.56. The largest absolute Gasteiger partial charge is 0.504 e. The van der Waals surface area contributed by atoms with E-state index in [-0.39, 0.29) is 5.75 Å². The molecule has 0 radical (unpaired) electrons. The highest BCUT2D eigenvalue weighted by Gasteiger charge is 2.09. The Morgan fingerprint density at radius 1 is 1.28 bits per heavy atom. The molecule has 90 valence electrons. The van der Waals surface area contributed by atoms with Gasteiger partial charge in [0.1, 0.15) is 5.52 Å². The summed E-state index contributed by atoms with van der Waals surface area (Å²) in [5.74, 6) is 0.870. The molecule has 0 atom stereocenters. The van der Waals surface area contributed by atoms with Gasteiger partial charge in [-0.05, 0) is 25.1 Å². The first-order valence-corrected chi connectivity index (χ1v) is 5.51. The van der Waals surface area contributed by atoms with Gasteiger partial charge in [0.2, 0.25) is 5.88 Å². The van der Waals surface area contributed by atoms with Gasteiger partial charge < -0.3 is 9.84 Å². The van der Waals surface area contributed by atoms with Crippen molar-refractivity contribution in [2.24, 2.45) is 0 Å². The number of hydrogen-bond donors (Lipinski definition) is 1. The molecule has 3 rings (SSSR count). The predicted octanol–water partition coefficient (Wildman–Crippen LogP) is 2.54. The van der Waals surface area contributed by atoms with Gasteiger partial charge in [-0.15, -0.1) is 0 Å². The molecule has 1 aromatic carbocycles. The zero-order chi connectivity index (χ0) is 12.5. The number of aryl methyl sites for hydroxylation is 1. The summed E-state index contributed by atoms with van der Waals surface area (Å²) in [4.78, 5) is 4.16. The molecule has 0 aliphatic rings. The van der Waals surface area contributed by atoms with E-state index in [2.05, 4.69) is 10.1 Å². The highest BCUT2D eigenvalue weighted by molar-refractivity contribution is 5.58. The van der Waals surface area contributed by atoms with Crippen molar-refractivity contribution in [3.63, 3.8) is 0 Å². The van der Waals surface area contributed by atoms with E-state index in [0.29, 0.717) is 11.6 Å². The van der Waals surface area contributed by atoms with Crippen molar-refractivity contribution in [2.75, 3.05) is 0 Å². The molecule has 0 aliphatic carbocycles. The fourth-order valence-corrected chi connectivity index (χ4v) is 1.75. The van der Waals surface area contributed by atoms with Gasteiger partial charge in [-0.2, -0.15) is 5.10 Å². The Labute approximate surface area is 103 Å². The number of aromatic hydroxyl groups is 1. The summed E-state index contributed by atoms with van der Waals surface area (Å²) >= 11 is 0. The second-order valence-corrected chi connectivity index (χ2v) is 3.92. The van der Waals surface area contributed by atoms with Gasteiger partial charge >= 0.3 is 0 Å². The molecule has 0 saturated carbocycles. The predicted molar refractivity (Wildman–Crippen MR) is 65.9 cm³/mol. The Morgan fingerprint density at radius 3 is 2.94 bits per heavy atom. The van der Waals surface area contributed by atoms with Crippen LogP contribution < -0.4 is 4.74 Å². The van der Waals surface area contributed by atoms with E-state index in [1.807, 2.05) is 13.0 Å². The Balaban J connectivity index is 2.07. The highest BCUT2D eigenvalue weighted by atomic mass is 16.5. The molecular weight excluding hydrogens is 230 g/mol. The molecule has 0 aliphatic heterocycles. The number of para-hydroxylation sites is 2. The Morgan fingerprint density at radius 2 is 2.11 bits per heavy atom. The number of hydrogen-bond acceptors (Lipinski definition) is 4. The van der Waals surface area contributed by atoms with E-state index in [1.54, 1.807) is 41.2 Å². The van der Waals surface area contributed by atoms with Crippen LogP contribution >= 0.6 is 0 Å². The first kappa shape index (κ1) is 10.6. The van der Waals surface area contributed by atoms with Gasteiger partial charge in [-0.1, -0.05) is 12.1 Å². The van der Waals surface area contributed by atoms with E-state index >= 15 is 0 Å². The zero-order valence-corrected chi connectivity index (χ0v) is 9.74. The number of rotatable bonds is 2. The lowest BCUT2D eigenvalue weighted by Gasteiger charge is -2.06. The molecule has 0 spiro atoms. The summed E-state index contributed by atoms with van der Waals surface area (Å²) in [5, 5.41) is 13.9. The molecule has 5 heteroatoms. The minimum atomic E-state index is 0.0811. The molecule has 0 fully saturated rings. The second-order valence-electron chi connectivity index (χ2n) is 3.92. The van der Waals surface area contributed by atoms with Crippen molar-refractivity contribution >= 4 is 5.52 Å². The van der Waals surface area contributed by atoms with Gasteiger partial charge in [-0.25, -0.2) is 9.50 Å². The molecule has 5 nitrogen and oxygen atoms in total. The maximum absolute atomic E-state index is 9.67. The quantitative estimate of drug-likeness (QED) is 0.749. The third-order valence-electron chi connectivity index (χ3n) is 2.55. The van der Waals surface area contributed by atoms with Crippen LogP contribution in [-0.2, 0) is 0 Å². The number of ether oxygens (including phenoxy) is 1. The number of benzene rings is 1. The minimum absolute atomic E-state index is 0.0811. The number of nitrogens with zero attached hydrogens (tertiary/aromatic N) is 3. The van der Waals surface area contributed by atoms with Crippen molar-refractivity contribution in [3.05, 3.63) is 48.4 Å². The Kier molecular flexibility index (Phi) is 2.37. The Bertz CT molecular complexity index is 706. The molecule has 2 heterocycles. The summed E-state index contributed by atoms with van der Waals surface area (Å²) in [6, 6.07) is 8.65. The lowest BCUT2D eigenvalue weighted by molar-refractivity contribution is 0.404. The van der Waals surface area contributed by atoms with Gasteiger partial charge in [-0.3, -0.25) is 0 Å². The van der Waals surface area contributed by atoms with Gasteiger partial charge in [0, 0.05) is 12.4 Å². The summed E-state index contributed by atoms with van der Waals surface area (Å²) in [5.41, 5.74) is 1.64. The monoisotopic (exact) mass is 241 g/mol. The fourth-order valence-electron chi connectivity index (χ4n) is 1.75. The molecule has 0 amide bonds. The van der Waals surface area contributed by atoms with Crippen LogP contribution in [0.15, 0.2) is 42.7 Å². The number of phenolic OH excluding ortho intramolecular Hbond substituents is 1. The maximum Gasteiger partial charge on any atom is 0.245 e. The van der Waals surface area contributed by atoms with Crippen molar-refractivity contribution in [1.29, 1.82) is 0 Å². The van der Waals surface area contributed by atoms with Crippen molar-refractivity contribution in [2.45, 2.75) is 6.92 Å². The average molecular weight is 241 g/mol. The van der Waals surface area contributed by atoms with E-state index in [1.165, 1.54) is 0 Å². The smallest absolute Gasteiger partial charge is 0.245 e. The van der Waals surface area contributed by atoms with Gasteiger partial charge in [0.25, 0.3) is 0 Å². The lowest BCUT2D eigenvalue weighted by Crippen LogP contribution is -1.93. The van der Waals surface area contributed by atoms with Crippen LogP contribution in [0.1, 0.15) is 5.69 Å². The standard InChI is InChI=1S/C13H11N3O2/c1-9-8-10-13(14-6-7-16(10)15-9)18-12-5-3-2-4-11(12)17/h2-8,17H,1H3. The highest BCUT2D eigenvalue weighted by Crippen LogP contribution is 2.30. The molecule has 0 unspecified atom stereocenters. The SMILES string of the molecule is Cc1cc2c(Oc3ccccc3O)nccn2n1. The van der Waals surface area contributed by atoms with Crippen molar-refractivity contribution < 1.29 is 9.84 Å². The van der Waals surface area contributed by atoms with E-state index in [4.69, 9.17) is 4.74 Å².